The summed E-state index contributed by atoms with van der Waals surface area (Å²) in [5.41, 5.74) is 1.16. The molecule has 0 bridgehead atoms. The second-order valence-corrected chi connectivity index (χ2v) is 4.30. The van der Waals surface area contributed by atoms with Gasteiger partial charge in [0, 0.05) is 0 Å². The van der Waals surface area contributed by atoms with E-state index in [1.807, 2.05) is 12.1 Å². The van der Waals surface area contributed by atoms with Crippen LogP contribution in [-0.2, 0) is 0 Å². The lowest BCUT2D eigenvalue weighted by molar-refractivity contribution is 0.171. The fourth-order valence-electron chi connectivity index (χ4n) is 2.40. The zero-order chi connectivity index (χ0) is 11.0. The van der Waals surface area contributed by atoms with Gasteiger partial charge in [-0.2, -0.15) is 0 Å². The van der Waals surface area contributed by atoms with E-state index in [2.05, 4.69) is 5.32 Å². The summed E-state index contributed by atoms with van der Waals surface area (Å²) >= 11 is 0. The van der Waals surface area contributed by atoms with Crippen molar-refractivity contribution in [3.05, 3.63) is 17.7 Å². The molecule has 0 aliphatic carbocycles. The van der Waals surface area contributed by atoms with Crippen LogP contribution in [0.3, 0.4) is 0 Å². The van der Waals surface area contributed by atoms with E-state index in [0.29, 0.717) is 17.4 Å². The third-order valence-corrected chi connectivity index (χ3v) is 3.29. The molecule has 0 radical (unpaired) electrons. The van der Waals surface area contributed by atoms with Gasteiger partial charge in [0.1, 0.15) is 0 Å². The summed E-state index contributed by atoms with van der Waals surface area (Å²) in [5, 5.41) is 13.2. The molecule has 4 nitrogen and oxygen atoms in total. The van der Waals surface area contributed by atoms with Crippen LogP contribution < -0.4 is 14.8 Å². The molecule has 1 fully saturated rings. The standard InChI is InChI=1S/C12H15NO3/c14-10-5-9(8-1-3-13-4-2-8)6-11-12(10)16-7-15-11/h5-6,8,13-14H,1-4,7H2. The van der Waals surface area contributed by atoms with Crippen molar-refractivity contribution < 1.29 is 14.6 Å². The maximum absolute atomic E-state index is 9.82. The second-order valence-electron chi connectivity index (χ2n) is 4.30. The van der Waals surface area contributed by atoms with Crippen molar-refractivity contribution in [2.75, 3.05) is 19.9 Å². The Balaban J connectivity index is 1.92. The molecule has 0 amide bonds. The minimum atomic E-state index is 0.198. The van der Waals surface area contributed by atoms with Gasteiger partial charge < -0.3 is 19.9 Å². The predicted octanol–water partition coefficient (Wildman–Crippen LogP) is 1.59. The normalized spacial score (nSPS) is 20.0. The molecule has 0 aromatic heterocycles. The number of benzene rings is 1. The highest BCUT2D eigenvalue weighted by Gasteiger charge is 2.23. The fraction of sp³-hybridized carbons (Fsp3) is 0.500. The number of phenolic OH excluding ortho intramolecular Hbond substituents is 1. The first-order chi connectivity index (χ1) is 7.84. The number of hydrogen-bond acceptors (Lipinski definition) is 4. The van der Waals surface area contributed by atoms with Crippen LogP contribution in [0.25, 0.3) is 0 Å². The molecule has 1 saturated heterocycles. The summed E-state index contributed by atoms with van der Waals surface area (Å²) in [6.45, 7) is 2.29. The van der Waals surface area contributed by atoms with Crippen molar-refractivity contribution in [2.45, 2.75) is 18.8 Å². The van der Waals surface area contributed by atoms with Crippen LogP contribution in [0.2, 0.25) is 0 Å². The second kappa shape index (κ2) is 3.87. The summed E-state index contributed by atoms with van der Waals surface area (Å²) in [4.78, 5) is 0. The first-order valence-corrected chi connectivity index (χ1v) is 5.68. The van der Waals surface area contributed by atoms with Crippen molar-refractivity contribution in [2.24, 2.45) is 0 Å². The Kier molecular flexibility index (Phi) is 2.36. The maximum atomic E-state index is 9.82. The van der Waals surface area contributed by atoms with E-state index in [9.17, 15) is 5.11 Å². The molecule has 2 aliphatic heterocycles. The highest BCUT2D eigenvalue weighted by atomic mass is 16.7. The van der Waals surface area contributed by atoms with Gasteiger partial charge in [0.25, 0.3) is 0 Å². The third kappa shape index (κ3) is 1.59. The van der Waals surface area contributed by atoms with Crippen LogP contribution >= 0.6 is 0 Å². The lowest BCUT2D eigenvalue weighted by Gasteiger charge is -2.23. The van der Waals surface area contributed by atoms with Gasteiger partial charge in [0.2, 0.25) is 12.5 Å². The van der Waals surface area contributed by atoms with E-state index in [1.54, 1.807) is 0 Å². The molecular formula is C12H15NO3. The predicted molar refractivity (Wildman–Crippen MR) is 59.1 cm³/mol. The number of fused-ring (bicyclic) bond motifs is 1. The average molecular weight is 221 g/mol. The number of rotatable bonds is 1. The SMILES string of the molecule is Oc1cc(C2CCNCC2)cc2c1OCO2. The third-order valence-electron chi connectivity index (χ3n) is 3.29. The van der Waals surface area contributed by atoms with Gasteiger partial charge in [-0.3, -0.25) is 0 Å². The van der Waals surface area contributed by atoms with Crippen molar-refractivity contribution in [1.82, 2.24) is 5.32 Å². The number of ether oxygens (including phenoxy) is 2. The molecule has 86 valence electrons. The van der Waals surface area contributed by atoms with Gasteiger partial charge in [-0.25, -0.2) is 0 Å². The Morgan fingerprint density at radius 2 is 2.00 bits per heavy atom. The Morgan fingerprint density at radius 1 is 1.19 bits per heavy atom. The highest BCUT2D eigenvalue weighted by Crippen LogP contribution is 2.43. The van der Waals surface area contributed by atoms with Crippen molar-refractivity contribution in [3.8, 4) is 17.2 Å². The summed E-state index contributed by atoms with van der Waals surface area (Å²) < 4.78 is 10.5. The van der Waals surface area contributed by atoms with E-state index in [1.165, 1.54) is 0 Å². The van der Waals surface area contributed by atoms with E-state index < -0.39 is 0 Å². The first kappa shape index (κ1) is 9.78. The van der Waals surface area contributed by atoms with Gasteiger partial charge in [-0.15, -0.1) is 0 Å². The Bertz CT molecular complexity index is 399. The molecule has 0 unspecified atom stereocenters. The summed E-state index contributed by atoms with van der Waals surface area (Å²) in [5.74, 6) is 1.87. The summed E-state index contributed by atoms with van der Waals surface area (Å²) in [6, 6.07) is 3.81. The van der Waals surface area contributed by atoms with Crippen LogP contribution in [0.5, 0.6) is 17.2 Å². The Hall–Kier alpha value is -1.42. The molecule has 16 heavy (non-hydrogen) atoms. The van der Waals surface area contributed by atoms with E-state index in [0.717, 1.165) is 31.5 Å². The molecule has 2 aliphatic rings. The van der Waals surface area contributed by atoms with Gasteiger partial charge in [-0.05, 0) is 49.5 Å². The van der Waals surface area contributed by atoms with Gasteiger partial charge in [0.05, 0.1) is 0 Å². The molecular weight excluding hydrogens is 206 g/mol. The smallest absolute Gasteiger partial charge is 0.231 e. The molecule has 0 spiro atoms. The average Bonchev–Trinajstić information content (AvgIpc) is 2.79. The van der Waals surface area contributed by atoms with E-state index in [-0.39, 0.29) is 12.5 Å². The van der Waals surface area contributed by atoms with Crippen molar-refractivity contribution >= 4 is 0 Å². The maximum Gasteiger partial charge on any atom is 0.231 e. The largest absolute Gasteiger partial charge is 0.504 e. The van der Waals surface area contributed by atoms with Gasteiger partial charge >= 0.3 is 0 Å². The summed E-state index contributed by atoms with van der Waals surface area (Å²) in [6.07, 6.45) is 2.22. The quantitative estimate of drug-likeness (QED) is 0.756. The molecule has 0 saturated carbocycles. The zero-order valence-corrected chi connectivity index (χ0v) is 9.03. The Labute approximate surface area is 94.2 Å². The van der Waals surface area contributed by atoms with Crippen LogP contribution in [-0.4, -0.2) is 25.0 Å². The minimum Gasteiger partial charge on any atom is -0.504 e. The Morgan fingerprint density at radius 3 is 2.81 bits per heavy atom. The van der Waals surface area contributed by atoms with Gasteiger partial charge in [-0.1, -0.05) is 0 Å². The molecule has 3 rings (SSSR count). The lowest BCUT2D eigenvalue weighted by Crippen LogP contribution is -2.26. The van der Waals surface area contributed by atoms with Gasteiger partial charge in [0.15, 0.2) is 11.5 Å². The first-order valence-electron chi connectivity index (χ1n) is 5.68. The molecule has 4 heteroatoms. The molecule has 2 heterocycles. The van der Waals surface area contributed by atoms with Crippen LogP contribution in [0.1, 0.15) is 24.3 Å². The van der Waals surface area contributed by atoms with Crippen molar-refractivity contribution in [1.29, 1.82) is 0 Å². The number of piperidine rings is 1. The van der Waals surface area contributed by atoms with Crippen LogP contribution in [0, 0.1) is 0 Å². The number of phenols is 1. The topological polar surface area (TPSA) is 50.7 Å². The zero-order valence-electron chi connectivity index (χ0n) is 9.03. The van der Waals surface area contributed by atoms with Crippen LogP contribution in [0.4, 0.5) is 0 Å². The molecule has 2 N–H and O–H groups in total. The number of nitrogens with one attached hydrogen (secondary N) is 1. The van der Waals surface area contributed by atoms with Crippen molar-refractivity contribution in [3.63, 3.8) is 0 Å². The molecule has 1 aromatic carbocycles. The monoisotopic (exact) mass is 221 g/mol. The van der Waals surface area contributed by atoms with Crippen LogP contribution in [0.15, 0.2) is 12.1 Å². The van der Waals surface area contributed by atoms with E-state index in [4.69, 9.17) is 9.47 Å². The summed E-state index contributed by atoms with van der Waals surface area (Å²) in [7, 11) is 0. The highest BCUT2D eigenvalue weighted by molar-refractivity contribution is 5.55. The fourth-order valence-corrected chi connectivity index (χ4v) is 2.40. The lowest BCUT2D eigenvalue weighted by atomic mass is 9.90. The molecule has 0 atom stereocenters. The minimum absolute atomic E-state index is 0.198. The number of aromatic hydroxyl groups is 1. The number of hydrogen-bond donors (Lipinski definition) is 2. The van der Waals surface area contributed by atoms with E-state index >= 15 is 0 Å². The molecule has 1 aromatic rings.